The number of rotatable bonds is 8. The second-order valence-electron chi connectivity index (χ2n) is 5.09. The number of hydrogen-bond acceptors (Lipinski definition) is 3. The van der Waals surface area contributed by atoms with Crippen molar-refractivity contribution in [2.24, 2.45) is 5.92 Å². The first-order valence-corrected chi connectivity index (χ1v) is 6.50. The summed E-state index contributed by atoms with van der Waals surface area (Å²) in [6.07, 6.45) is 1.05. The minimum Gasteiger partial charge on any atom is -0.481 e. The SMILES string of the molecule is CC(C)NC(=O)CCCC(=O)N(C)CC(C)C(=O)O. The average molecular weight is 272 g/mol. The van der Waals surface area contributed by atoms with Crippen molar-refractivity contribution >= 4 is 17.8 Å². The summed E-state index contributed by atoms with van der Waals surface area (Å²) in [6, 6.07) is 0.0993. The quantitative estimate of drug-likeness (QED) is 0.686. The number of carbonyl (C=O) groups excluding carboxylic acids is 2. The molecule has 6 nitrogen and oxygen atoms in total. The first kappa shape index (κ1) is 17.4. The van der Waals surface area contributed by atoms with Crippen LogP contribution in [0.2, 0.25) is 0 Å². The molecular formula is C13H24N2O4. The zero-order valence-corrected chi connectivity index (χ0v) is 12.1. The predicted octanol–water partition coefficient (Wildman–Crippen LogP) is 0.860. The van der Waals surface area contributed by atoms with Crippen molar-refractivity contribution in [3.63, 3.8) is 0 Å². The summed E-state index contributed by atoms with van der Waals surface area (Å²) in [5.74, 6) is -1.70. The van der Waals surface area contributed by atoms with Crippen molar-refractivity contribution in [1.29, 1.82) is 0 Å². The smallest absolute Gasteiger partial charge is 0.308 e. The Morgan fingerprint density at radius 3 is 2.21 bits per heavy atom. The van der Waals surface area contributed by atoms with E-state index in [9.17, 15) is 14.4 Å². The Morgan fingerprint density at radius 2 is 1.74 bits per heavy atom. The summed E-state index contributed by atoms with van der Waals surface area (Å²) in [6.45, 7) is 5.50. The Kier molecular flexibility index (Phi) is 7.79. The van der Waals surface area contributed by atoms with Gasteiger partial charge in [-0.15, -0.1) is 0 Å². The van der Waals surface area contributed by atoms with Crippen LogP contribution in [0.15, 0.2) is 0 Å². The normalized spacial score (nSPS) is 12.1. The lowest BCUT2D eigenvalue weighted by Gasteiger charge is -2.19. The molecule has 1 atom stereocenters. The van der Waals surface area contributed by atoms with Gasteiger partial charge in [0, 0.05) is 32.5 Å². The summed E-state index contributed by atoms with van der Waals surface area (Å²) in [5.41, 5.74) is 0. The topological polar surface area (TPSA) is 86.7 Å². The van der Waals surface area contributed by atoms with Crippen molar-refractivity contribution in [2.75, 3.05) is 13.6 Å². The molecule has 0 spiro atoms. The monoisotopic (exact) mass is 272 g/mol. The molecule has 2 N–H and O–H groups in total. The van der Waals surface area contributed by atoms with E-state index in [1.165, 1.54) is 4.90 Å². The van der Waals surface area contributed by atoms with Gasteiger partial charge in [-0.1, -0.05) is 6.92 Å². The van der Waals surface area contributed by atoms with E-state index < -0.39 is 11.9 Å². The van der Waals surface area contributed by atoms with Gasteiger partial charge in [-0.05, 0) is 20.3 Å². The molecule has 1 unspecified atom stereocenters. The van der Waals surface area contributed by atoms with Gasteiger partial charge in [-0.2, -0.15) is 0 Å². The third kappa shape index (κ3) is 8.18. The largest absolute Gasteiger partial charge is 0.481 e. The van der Waals surface area contributed by atoms with Crippen molar-refractivity contribution in [3.8, 4) is 0 Å². The molecule has 0 bridgehead atoms. The molecule has 0 rings (SSSR count). The van der Waals surface area contributed by atoms with Crippen LogP contribution in [0.1, 0.15) is 40.0 Å². The van der Waals surface area contributed by atoms with Gasteiger partial charge in [0.2, 0.25) is 11.8 Å². The number of nitrogens with one attached hydrogen (secondary N) is 1. The molecule has 0 fully saturated rings. The van der Waals surface area contributed by atoms with Crippen LogP contribution in [0.25, 0.3) is 0 Å². The standard InChI is InChI=1S/C13H24N2O4/c1-9(2)14-11(16)6-5-7-12(17)15(4)8-10(3)13(18)19/h9-10H,5-8H2,1-4H3,(H,14,16)(H,18,19). The Morgan fingerprint density at radius 1 is 1.16 bits per heavy atom. The first-order valence-electron chi connectivity index (χ1n) is 6.50. The summed E-state index contributed by atoms with van der Waals surface area (Å²) in [7, 11) is 1.58. The van der Waals surface area contributed by atoms with Crippen molar-refractivity contribution in [3.05, 3.63) is 0 Å². The number of aliphatic carboxylic acids is 1. The number of hydrogen-bond donors (Lipinski definition) is 2. The molecule has 110 valence electrons. The summed E-state index contributed by atoms with van der Waals surface area (Å²) >= 11 is 0. The predicted molar refractivity (Wildman–Crippen MR) is 71.6 cm³/mol. The Bertz CT molecular complexity index is 329. The van der Waals surface area contributed by atoms with Gasteiger partial charge in [0.25, 0.3) is 0 Å². The van der Waals surface area contributed by atoms with Crippen LogP contribution < -0.4 is 5.32 Å². The lowest BCUT2D eigenvalue weighted by Crippen LogP contribution is -2.34. The lowest BCUT2D eigenvalue weighted by atomic mass is 10.1. The molecular weight excluding hydrogens is 248 g/mol. The number of carboxylic acid groups (broad SMARTS) is 1. The van der Waals surface area contributed by atoms with Gasteiger partial charge in [0.05, 0.1) is 5.92 Å². The van der Waals surface area contributed by atoms with E-state index in [0.717, 1.165) is 0 Å². The molecule has 0 radical (unpaired) electrons. The number of carboxylic acids is 1. The van der Waals surface area contributed by atoms with Crippen molar-refractivity contribution in [1.82, 2.24) is 10.2 Å². The van der Waals surface area contributed by atoms with Crippen LogP contribution in [0.3, 0.4) is 0 Å². The summed E-state index contributed by atoms with van der Waals surface area (Å²) in [4.78, 5) is 35.1. The molecule has 0 aromatic rings. The second kappa shape index (κ2) is 8.50. The van der Waals surface area contributed by atoms with Crippen LogP contribution in [0.4, 0.5) is 0 Å². The molecule has 0 aliphatic rings. The Hall–Kier alpha value is -1.59. The fourth-order valence-corrected chi connectivity index (χ4v) is 1.58. The van der Waals surface area contributed by atoms with Crippen LogP contribution in [-0.2, 0) is 14.4 Å². The Labute approximate surface area is 114 Å². The van der Waals surface area contributed by atoms with Gasteiger partial charge >= 0.3 is 5.97 Å². The van der Waals surface area contributed by atoms with Crippen LogP contribution in [0.5, 0.6) is 0 Å². The van der Waals surface area contributed by atoms with Gasteiger partial charge in [-0.3, -0.25) is 14.4 Å². The number of carbonyl (C=O) groups is 3. The van der Waals surface area contributed by atoms with Gasteiger partial charge in [0.1, 0.15) is 0 Å². The summed E-state index contributed by atoms with van der Waals surface area (Å²) < 4.78 is 0. The minimum atomic E-state index is -0.920. The van der Waals surface area contributed by atoms with Crippen molar-refractivity contribution < 1.29 is 19.5 Å². The molecule has 19 heavy (non-hydrogen) atoms. The van der Waals surface area contributed by atoms with Crippen LogP contribution in [0, 0.1) is 5.92 Å². The highest BCUT2D eigenvalue weighted by molar-refractivity contribution is 5.79. The van der Waals surface area contributed by atoms with E-state index in [-0.39, 0.29) is 30.8 Å². The molecule has 0 aromatic heterocycles. The molecule has 0 saturated heterocycles. The maximum atomic E-state index is 11.7. The molecule has 0 saturated carbocycles. The highest BCUT2D eigenvalue weighted by Crippen LogP contribution is 2.04. The first-order chi connectivity index (χ1) is 8.73. The van der Waals surface area contributed by atoms with E-state index in [0.29, 0.717) is 12.8 Å². The van der Waals surface area contributed by atoms with E-state index >= 15 is 0 Å². The van der Waals surface area contributed by atoms with Gasteiger partial charge in [-0.25, -0.2) is 0 Å². The maximum absolute atomic E-state index is 11.7. The highest BCUT2D eigenvalue weighted by Gasteiger charge is 2.17. The fourth-order valence-electron chi connectivity index (χ4n) is 1.58. The molecule has 0 aliphatic heterocycles. The van der Waals surface area contributed by atoms with E-state index in [2.05, 4.69) is 5.32 Å². The van der Waals surface area contributed by atoms with E-state index in [1.54, 1.807) is 14.0 Å². The average Bonchev–Trinajstić information content (AvgIpc) is 2.27. The van der Waals surface area contributed by atoms with Crippen LogP contribution in [-0.4, -0.2) is 47.4 Å². The van der Waals surface area contributed by atoms with E-state index in [1.807, 2.05) is 13.8 Å². The molecule has 0 aliphatic carbocycles. The zero-order valence-electron chi connectivity index (χ0n) is 12.1. The minimum absolute atomic E-state index is 0.0654. The Balaban J connectivity index is 3.91. The number of amides is 2. The fraction of sp³-hybridized carbons (Fsp3) is 0.769. The maximum Gasteiger partial charge on any atom is 0.308 e. The van der Waals surface area contributed by atoms with Crippen LogP contribution >= 0.6 is 0 Å². The molecule has 2 amide bonds. The third-order valence-corrected chi connectivity index (χ3v) is 2.64. The lowest BCUT2D eigenvalue weighted by molar-refractivity contribution is -0.142. The summed E-state index contributed by atoms with van der Waals surface area (Å²) in [5, 5.41) is 11.5. The molecule has 0 heterocycles. The van der Waals surface area contributed by atoms with Gasteiger partial charge in [0.15, 0.2) is 0 Å². The third-order valence-electron chi connectivity index (χ3n) is 2.64. The second-order valence-corrected chi connectivity index (χ2v) is 5.09. The zero-order chi connectivity index (χ0) is 15.0. The molecule has 6 heteroatoms. The number of nitrogens with zero attached hydrogens (tertiary/aromatic N) is 1. The van der Waals surface area contributed by atoms with E-state index in [4.69, 9.17) is 5.11 Å². The van der Waals surface area contributed by atoms with Crippen molar-refractivity contribution in [2.45, 2.75) is 46.1 Å². The van der Waals surface area contributed by atoms with Gasteiger partial charge < -0.3 is 15.3 Å². The highest BCUT2D eigenvalue weighted by atomic mass is 16.4. The molecule has 0 aromatic carbocycles.